The van der Waals surface area contributed by atoms with Gasteiger partial charge in [-0.25, -0.2) is 9.97 Å². The summed E-state index contributed by atoms with van der Waals surface area (Å²) >= 11 is 0. The number of piperidine rings is 1. The van der Waals surface area contributed by atoms with Crippen LogP contribution in [0.25, 0.3) is 11.1 Å². The molecule has 154 valence electrons. The Morgan fingerprint density at radius 3 is 2.72 bits per heavy atom. The zero-order chi connectivity index (χ0) is 20.2. The van der Waals surface area contributed by atoms with Crippen LogP contribution >= 0.6 is 0 Å². The highest BCUT2D eigenvalue weighted by molar-refractivity contribution is 5.76. The number of nitrogens with zero attached hydrogens (tertiary/aromatic N) is 6. The van der Waals surface area contributed by atoms with Crippen molar-refractivity contribution in [3.63, 3.8) is 0 Å². The number of piperazine rings is 1. The Hall–Kier alpha value is -2.54. The zero-order valence-electron chi connectivity index (χ0n) is 17.4. The van der Waals surface area contributed by atoms with Gasteiger partial charge in [0.25, 0.3) is 0 Å². The van der Waals surface area contributed by atoms with Crippen LogP contribution in [-0.4, -0.2) is 77.0 Å². The van der Waals surface area contributed by atoms with E-state index in [0.717, 1.165) is 74.9 Å². The maximum Gasteiger partial charge on any atom is 0.225 e. The molecular formula is C22H30N6O. The van der Waals surface area contributed by atoms with E-state index in [1.165, 1.54) is 0 Å². The molecule has 0 aromatic carbocycles. The summed E-state index contributed by atoms with van der Waals surface area (Å²) in [5, 5.41) is 0. The SMILES string of the molecule is CCC(=O)N1CCC[C@@H](c2nc(N3CCN(C)CC3)ncc2-c2cccnc2)C1. The first-order valence-corrected chi connectivity index (χ1v) is 10.6. The summed E-state index contributed by atoms with van der Waals surface area (Å²) in [4.78, 5) is 33.0. The fraction of sp³-hybridized carbons (Fsp3) is 0.545. The van der Waals surface area contributed by atoms with Crippen molar-refractivity contribution in [3.05, 3.63) is 36.4 Å². The second-order valence-electron chi connectivity index (χ2n) is 8.03. The first-order valence-electron chi connectivity index (χ1n) is 10.6. The van der Waals surface area contributed by atoms with Gasteiger partial charge in [-0.1, -0.05) is 13.0 Å². The van der Waals surface area contributed by atoms with Gasteiger partial charge in [0.2, 0.25) is 11.9 Å². The number of pyridine rings is 1. The lowest BCUT2D eigenvalue weighted by molar-refractivity contribution is -0.132. The molecule has 7 heteroatoms. The topological polar surface area (TPSA) is 65.5 Å². The Bertz CT molecular complexity index is 834. The van der Waals surface area contributed by atoms with Crippen LogP contribution in [0.2, 0.25) is 0 Å². The minimum atomic E-state index is 0.226. The molecular weight excluding hydrogens is 364 g/mol. The maximum absolute atomic E-state index is 12.3. The van der Waals surface area contributed by atoms with Crippen molar-refractivity contribution in [1.82, 2.24) is 24.8 Å². The van der Waals surface area contributed by atoms with Crippen LogP contribution < -0.4 is 4.90 Å². The van der Waals surface area contributed by atoms with E-state index < -0.39 is 0 Å². The van der Waals surface area contributed by atoms with E-state index in [4.69, 9.17) is 9.97 Å². The number of amides is 1. The van der Waals surface area contributed by atoms with Crippen molar-refractivity contribution < 1.29 is 4.79 Å². The van der Waals surface area contributed by atoms with Gasteiger partial charge in [-0.05, 0) is 26.0 Å². The number of rotatable bonds is 4. The Morgan fingerprint density at radius 1 is 1.17 bits per heavy atom. The molecule has 2 aromatic rings. The normalized spacial score (nSPS) is 20.7. The van der Waals surface area contributed by atoms with Gasteiger partial charge in [0.05, 0.1) is 5.69 Å². The number of likely N-dealkylation sites (N-methyl/N-ethyl adjacent to an activating group) is 1. The first-order chi connectivity index (χ1) is 14.2. The summed E-state index contributed by atoms with van der Waals surface area (Å²) in [5.74, 6) is 1.26. The second kappa shape index (κ2) is 8.86. The van der Waals surface area contributed by atoms with Crippen molar-refractivity contribution in [2.75, 3.05) is 51.2 Å². The summed E-state index contributed by atoms with van der Waals surface area (Å²) < 4.78 is 0. The Morgan fingerprint density at radius 2 is 2.00 bits per heavy atom. The van der Waals surface area contributed by atoms with Gasteiger partial charge >= 0.3 is 0 Å². The molecule has 1 atom stereocenters. The molecule has 2 aliphatic heterocycles. The van der Waals surface area contributed by atoms with E-state index in [9.17, 15) is 4.79 Å². The second-order valence-corrected chi connectivity index (χ2v) is 8.03. The molecule has 2 fully saturated rings. The number of aromatic nitrogens is 3. The van der Waals surface area contributed by atoms with E-state index in [2.05, 4.69) is 27.9 Å². The third-order valence-corrected chi connectivity index (χ3v) is 6.03. The number of anilines is 1. The molecule has 0 bridgehead atoms. The van der Waals surface area contributed by atoms with Gasteiger partial charge in [-0.15, -0.1) is 0 Å². The molecule has 0 saturated carbocycles. The minimum absolute atomic E-state index is 0.226. The number of carbonyl (C=O) groups excluding carboxylic acids is 1. The lowest BCUT2D eigenvalue weighted by atomic mass is 9.90. The molecule has 4 rings (SSSR count). The Labute approximate surface area is 172 Å². The third kappa shape index (κ3) is 4.40. The number of hydrogen-bond donors (Lipinski definition) is 0. The van der Waals surface area contributed by atoms with E-state index in [0.29, 0.717) is 6.42 Å². The minimum Gasteiger partial charge on any atom is -0.342 e. The lowest BCUT2D eigenvalue weighted by Gasteiger charge is -2.35. The fourth-order valence-electron chi connectivity index (χ4n) is 4.25. The highest BCUT2D eigenvalue weighted by Gasteiger charge is 2.28. The molecule has 0 N–H and O–H groups in total. The smallest absolute Gasteiger partial charge is 0.225 e. The quantitative estimate of drug-likeness (QED) is 0.793. The van der Waals surface area contributed by atoms with E-state index in [-0.39, 0.29) is 11.8 Å². The van der Waals surface area contributed by atoms with Crippen molar-refractivity contribution >= 4 is 11.9 Å². The summed E-state index contributed by atoms with van der Waals surface area (Å²) in [6.07, 6.45) is 8.21. The zero-order valence-corrected chi connectivity index (χ0v) is 17.4. The van der Waals surface area contributed by atoms with E-state index in [1.807, 2.05) is 30.3 Å². The average molecular weight is 395 g/mol. The van der Waals surface area contributed by atoms with Crippen LogP contribution in [0, 0.1) is 0 Å². The molecule has 7 nitrogen and oxygen atoms in total. The molecule has 2 saturated heterocycles. The van der Waals surface area contributed by atoms with Crippen molar-refractivity contribution in [2.45, 2.75) is 32.1 Å². The fourth-order valence-corrected chi connectivity index (χ4v) is 4.25. The average Bonchev–Trinajstić information content (AvgIpc) is 2.79. The molecule has 2 aliphatic rings. The third-order valence-electron chi connectivity index (χ3n) is 6.03. The van der Waals surface area contributed by atoms with Crippen molar-refractivity contribution in [1.29, 1.82) is 0 Å². The van der Waals surface area contributed by atoms with E-state index >= 15 is 0 Å². The molecule has 0 unspecified atom stereocenters. The number of carbonyl (C=O) groups is 1. The number of likely N-dealkylation sites (tertiary alicyclic amines) is 1. The van der Waals surface area contributed by atoms with Crippen LogP contribution in [0.5, 0.6) is 0 Å². The summed E-state index contributed by atoms with van der Waals surface area (Å²) in [7, 11) is 2.15. The molecule has 0 radical (unpaired) electrons. The number of hydrogen-bond acceptors (Lipinski definition) is 6. The lowest BCUT2D eigenvalue weighted by Crippen LogP contribution is -2.45. The van der Waals surface area contributed by atoms with Crippen LogP contribution in [0.3, 0.4) is 0 Å². The van der Waals surface area contributed by atoms with Gasteiger partial charge in [0.1, 0.15) is 0 Å². The molecule has 2 aromatic heterocycles. The summed E-state index contributed by atoms with van der Waals surface area (Å²) in [6, 6.07) is 4.00. The van der Waals surface area contributed by atoms with Crippen LogP contribution in [0.4, 0.5) is 5.95 Å². The summed E-state index contributed by atoms with van der Waals surface area (Å²) in [5.41, 5.74) is 3.12. The largest absolute Gasteiger partial charge is 0.342 e. The van der Waals surface area contributed by atoms with Crippen molar-refractivity contribution in [3.8, 4) is 11.1 Å². The van der Waals surface area contributed by atoms with Crippen LogP contribution in [0.15, 0.2) is 30.7 Å². The molecule has 0 spiro atoms. The maximum atomic E-state index is 12.3. The van der Waals surface area contributed by atoms with Crippen molar-refractivity contribution in [2.24, 2.45) is 0 Å². The molecule has 1 amide bonds. The Kier molecular flexibility index (Phi) is 6.04. The van der Waals surface area contributed by atoms with Gasteiger partial charge in [0.15, 0.2) is 0 Å². The molecule has 29 heavy (non-hydrogen) atoms. The monoisotopic (exact) mass is 394 g/mol. The summed E-state index contributed by atoms with van der Waals surface area (Å²) in [6.45, 7) is 7.43. The predicted molar refractivity (Wildman–Crippen MR) is 114 cm³/mol. The Balaban J connectivity index is 1.68. The van der Waals surface area contributed by atoms with Gasteiger partial charge in [0, 0.05) is 81.3 Å². The first kappa shape index (κ1) is 19.8. The standard InChI is InChI=1S/C22H30N6O/c1-3-20(29)28-9-5-7-18(16-28)21-19(17-6-4-8-23-14-17)15-24-22(25-21)27-12-10-26(2)11-13-27/h4,6,8,14-15,18H,3,5,7,9-13,16H2,1-2H3/t18-/m1/s1. The highest BCUT2D eigenvalue weighted by atomic mass is 16.2. The van der Waals surface area contributed by atoms with Crippen LogP contribution in [0.1, 0.15) is 37.8 Å². The van der Waals surface area contributed by atoms with Gasteiger partial charge in [-0.3, -0.25) is 9.78 Å². The van der Waals surface area contributed by atoms with Gasteiger partial charge in [-0.2, -0.15) is 0 Å². The van der Waals surface area contributed by atoms with Gasteiger partial charge < -0.3 is 14.7 Å². The predicted octanol–water partition coefficient (Wildman–Crippen LogP) is 2.41. The van der Waals surface area contributed by atoms with E-state index in [1.54, 1.807) is 6.20 Å². The van der Waals surface area contributed by atoms with Crippen LogP contribution in [-0.2, 0) is 4.79 Å². The molecule has 4 heterocycles. The highest BCUT2D eigenvalue weighted by Crippen LogP contribution is 2.34. The molecule has 0 aliphatic carbocycles.